The number of carbonyl (C=O) groups is 1. The first-order chi connectivity index (χ1) is 13.1. The summed E-state index contributed by atoms with van der Waals surface area (Å²) >= 11 is 5.90. The summed E-state index contributed by atoms with van der Waals surface area (Å²) in [6, 6.07) is 15.1. The van der Waals surface area contributed by atoms with Crippen LogP contribution < -0.4 is 0 Å². The minimum atomic E-state index is -0.872. The lowest BCUT2D eigenvalue weighted by molar-refractivity contribution is 0.0697. The van der Waals surface area contributed by atoms with E-state index in [1.807, 2.05) is 36.4 Å². The van der Waals surface area contributed by atoms with E-state index in [4.69, 9.17) is 16.7 Å². The molecule has 0 saturated carbocycles. The van der Waals surface area contributed by atoms with E-state index in [0.717, 1.165) is 50.7 Å². The Morgan fingerprint density at radius 3 is 2.22 bits per heavy atom. The second kappa shape index (κ2) is 9.70. The van der Waals surface area contributed by atoms with Crippen LogP contribution >= 0.6 is 11.6 Å². The quantitative estimate of drug-likeness (QED) is 0.786. The lowest BCUT2D eigenvalue weighted by Gasteiger charge is -2.34. The van der Waals surface area contributed by atoms with Crippen molar-refractivity contribution in [2.75, 3.05) is 39.3 Å². The summed E-state index contributed by atoms with van der Waals surface area (Å²) in [5.74, 6) is -0.872. The molecule has 0 aliphatic carbocycles. The smallest absolute Gasteiger partial charge is 0.335 e. The van der Waals surface area contributed by atoms with Crippen molar-refractivity contribution in [3.63, 3.8) is 0 Å². The maximum Gasteiger partial charge on any atom is 0.335 e. The van der Waals surface area contributed by atoms with Crippen LogP contribution in [0.2, 0.25) is 5.02 Å². The van der Waals surface area contributed by atoms with Gasteiger partial charge in [-0.25, -0.2) is 4.79 Å². The van der Waals surface area contributed by atoms with Gasteiger partial charge in [0.05, 0.1) is 5.56 Å². The Labute approximate surface area is 165 Å². The lowest BCUT2D eigenvalue weighted by atomic mass is 10.1. The molecule has 4 nitrogen and oxygen atoms in total. The van der Waals surface area contributed by atoms with Crippen LogP contribution in [0.1, 0.15) is 21.5 Å². The zero-order chi connectivity index (χ0) is 19.1. The minimum Gasteiger partial charge on any atom is -0.478 e. The third-order valence-electron chi connectivity index (χ3n) is 4.93. The van der Waals surface area contributed by atoms with Crippen LogP contribution in [0.25, 0.3) is 6.08 Å². The second-order valence-corrected chi connectivity index (χ2v) is 7.28. The highest BCUT2D eigenvalue weighted by Crippen LogP contribution is 2.11. The minimum absolute atomic E-state index is 0.346. The number of piperazine rings is 1. The highest BCUT2D eigenvalue weighted by molar-refractivity contribution is 6.30. The summed E-state index contributed by atoms with van der Waals surface area (Å²) < 4.78 is 0. The van der Waals surface area contributed by atoms with Gasteiger partial charge in [0.25, 0.3) is 0 Å². The topological polar surface area (TPSA) is 43.8 Å². The van der Waals surface area contributed by atoms with Crippen molar-refractivity contribution in [2.45, 2.75) is 6.42 Å². The maximum atomic E-state index is 10.9. The van der Waals surface area contributed by atoms with E-state index >= 15 is 0 Å². The van der Waals surface area contributed by atoms with Gasteiger partial charge < -0.3 is 10.0 Å². The summed E-state index contributed by atoms with van der Waals surface area (Å²) in [5.41, 5.74) is 2.71. The largest absolute Gasteiger partial charge is 0.478 e. The third-order valence-corrected chi connectivity index (χ3v) is 5.18. The number of halogens is 1. The molecule has 27 heavy (non-hydrogen) atoms. The van der Waals surface area contributed by atoms with Crippen LogP contribution in [0.15, 0.2) is 54.6 Å². The van der Waals surface area contributed by atoms with Gasteiger partial charge in [0.1, 0.15) is 0 Å². The molecule has 3 rings (SSSR count). The van der Waals surface area contributed by atoms with Gasteiger partial charge in [-0.3, -0.25) is 4.90 Å². The molecule has 1 aliphatic rings. The van der Waals surface area contributed by atoms with Crippen molar-refractivity contribution in [3.05, 3.63) is 76.3 Å². The first-order valence-corrected chi connectivity index (χ1v) is 9.67. The molecule has 1 saturated heterocycles. The SMILES string of the molecule is O=C(O)c1ccc(CCN2CCN(C/C=C\c3ccc(Cl)cc3)CC2)cc1. The predicted molar refractivity (Wildman–Crippen MR) is 110 cm³/mol. The molecular formula is C22H25ClN2O2. The van der Waals surface area contributed by atoms with Crippen molar-refractivity contribution in [3.8, 4) is 0 Å². The van der Waals surface area contributed by atoms with Gasteiger partial charge in [0, 0.05) is 44.3 Å². The van der Waals surface area contributed by atoms with Crippen molar-refractivity contribution in [2.24, 2.45) is 0 Å². The Morgan fingerprint density at radius 2 is 1.59 bits per heavy atom. The summed E-state index contributed by atoms with van der Waals surface area (Å²) in [4.78, 5) is 15.8. The van der Waals surface area contributed by atoms with Gasteiger partial charge in [0.15, 0.2) is 0 Å². The molecule has 0 amide bonds. The van der Waals surface area contributed by atoms with Gasteiger partial charge in [0.2, 0.25) is 0 Å². The van der Waals surface area contributed by atoms with Crippen LogP contribution in [-0.4, -0.2) is 60.1 Å². The molecule has 0 radical (unpaired) electrons. The Hall–Kier alpha value is -2.14. The first-order valence-electron chi connectivity index (χ1n) is 9.29. The van der Waals surface area contributed by atoms with Crippen molar-refractivity contribution >= 4 is 23.6 Å². The summed E-state index contributed by atoms with van der Waals surface area (Å²) in [7, 11) is 0. The second-order valence-electron chi connectivity index (χ2n) is 6.85. The van der Waals surface area contributed by atoms with Crippen molar-refractivity contribution in [1.29, 1.82) is 0 Å². The molecule has 0 unspecified atom stereocenters. The Balaban J connectivity index is 1.37. The average Bonchev–Trinajstić information content (AvgIpc) is 2.69. The Kier molecular flexibility index (Phi) is 7.04. The van der Waals surface area contributed by atoms with Crippen molar-refractivity contribution < 1.29 is 9.90 Å². The molecule has 1 aliphatic heterocycles. The van der Waals surface area contributed by atoms with Crippen LogP contribution in [0.5, 0.6) is 0 Å². The number of hydrogen-bond acceptors (Lipinski definition) is 3. The number of hydrogen-bond donors (Lipinski definition) is 1. The van der Waals surface area contributed by atoms with Crippen LogP contribution in [0.3, 0.4) is 0 Å². The van der Waals surface area contributed by atoms with Gasteiger partial charge in [-0.15, -0.1) is 0 Å². The fourth-order valence-corrected chi connectivity index (χ4v) is 3.33. The van der Waals surface area contributed by atoms with E-state index in [1.54, 1.807) is 12.1 Å². The van der Waals surface area contributed by atoms with E-state index in [2.05, 4.69) is 22.0 Å². The molecular weight excluding hydrogens is 360 g/mol. The number of benzene rings is 2. The number of rotatable bonds is 7. The molecule has 0 bridgehead atoms. The monoisotopic (exact) mass is 384 g/mol. The summed E-state index contributed by atoms with van der Waals surface area (Å²) in [5, 5.41) is 9.71. The zero-order valence-corrected chi connectivity index (χ0v) is 16.1. The molecule has 0 spiro atoms. The van der Waals surface area contributed by atoms with E-state index in [-0.39, 0.29) is 0 Å². The van der Waals surface area contributed by atoms with Crippen LogP contribution in [0, 0.1) is 0 Å². The molecule has 142 valence electrons. The number of carboxylic acids is 1. The highest BCUT2D eigenvalue weighted by Gasteiger charge is 2.15. The number of nitrogens with zero attached hydrogens (tertiary/aromatic N) is 2. The van der Waals surface area contributed by atoms with E-state index < -0.39 is 5.97 Å². The number of aromatic carboxylic acids is 1. The Morgan fingerprint density at radius 1 is 0.963 bits per heavy atom. The van der Waals surface area contributed by atoms with Crippen LogP contribution in [0.4, 0.5) is 0 Å². The predicted octanol–water partition coefficient (Wildman–Crippen LogP) is 3.91. The average molecular weight is 385 g/mol. The lowest BCUT2D eigenvalue weighted by Crippen LogP contribution is -2.46. The summed E-state index contributed by atoms with van der Waals surface area (Å²) in [6.07, 6.45) is 5.31. The molecule has 1 N–H and O–H groups in total. The highest BCUT2D eigenvalue weighted by atomic mass is 35.5. The van der Waals surface area contributed by atoms with Gasteiger partial charge >= 0.3 is 5.97 Å². The molecule has 5 heteroatoms. The molecule has 0 aromatic heterocycles. The molecule has 2 aromatic carbocycles. The molecule has 2 aromatic rings. The molecule has 1 fully saturated rings. The van der Waals surface area contributed by atoms with E-state index in [0.29, 0.717) is 5.56 Å². The normalized spacial score (nSPS) is 16.0. The van der Waals surface area contributed by atoms with Crippen LogP contribution in [-0.2, 0) is 6.42 Å². The van der Waals surface area contributed by atoms with E-state index in [9.17, 15) is 4.79 Å². The van der Waals surface area contributed by atoms with Gasteiger partial charge in [-0.05, 0) is 41.8 Å². The standard InChI is InChI=1S/C22H25ClN2O2/c23-21-9-5-18(6-10-21)2-1-12-24-14-16-25(17-15-24)13-11-19-3-7-20(8-4-19)22(26)27/h1-10H,11-17H2,(H,26,27)/b2-1-. The third kappa shape index (κ3) is 6.21. The van der Waals surface area contributed by atoms with E-state index in [1.165, 1.54) is 11.1 Å². The molecule has 1 heterocycles. The fourth-order valence-electron chi connectivity index (χ4n) is 3.21. The number of carboxylic acid groups (broad SMARTS) is 1. The molecule has 0 atom stereocenters. The zero-order valence-electron chi connectivity index (χ0n) is 15.4. The van der Waals surface area contributed by atoms with Crippen molar-refractivity contribution in [1.82, 2.24) is 9.80 Å². The maximum absolute atomic E-state index is 10.9. The Bertz CT molecular complexity index is 764. The van der Waals surface area contributed by atoms with Gasteiger partial charge in [-0.1, -0.05) is 48.0 Å². The summed E-state index contributed by atoms with van der Waals surface area (Å²) in [6.45, 7) is 6.27. The van der Waals surface area contributed by atoms with Gasteiger partial charge in [-0.2, -0.15) is 0 Å². The fraction of sp³-hybridized carbons (Fsp3) is 0.318. The first kappa shape index (κ1) is 19.6.